The first-order valence-corrected chi connectivity index (χ1v) is 6.86. The van der Waals surface area contributed by atoms with Gasteiger partial charge < -0.3 is 5.11 Å². The van der Waals surface area contributed by atoms with E-state index in [0.29, 0.717) is 0 Å². The largest absolute Gasteiger partial charge is 0.478 e. The number of imidazole rings is 1. The lowest BCUT2D eigenvalue weighted by molar-refractivity contribution is 0.0697. The zero-order valence-electron chi connectivity index (χ0n) is 11.7. The van der Waals surface area contributed by atoms with Crippen molar-refractivity contribution in [3.8, 4) is 5.69 Å². The summed E-state index contributed by atoms with van der Waals surface area (Å²) in [7, 11) is 0. The molecule has 0 atom stereocenters. The molecule has 0 aliphatic heterocycles. The maximum atomic E-state index is 11.2. The second-order valence-corrected chi connectivity index (χ2v) is 4.82. The summed E-state index contributed by atoms with van der Waals surface area (Å²) in [4.78, 5) is 20.2. The lowest BCUT2D eigenvalue weighted by atomic mass is 10.2. The van der Waals surface area contributed by atoms with E-state index in [1.54, 1.807) is 24.4 Å². The highest BCUT2D eigenvalue weighted by Gasteiger charge is 2.13. The molecule has 0 aliphatic carbocycles. The van der Waals surface area contributed by atoms with Crippen molar-refractivity contribution < 1.29 is 9.90 Å². The fourth-order valence-electron chi connectivity index (χ4n) is 2.40. The van der Waals surface area contributed by atoms with Crippen LogP contribution in [0.15, 0.2) is 42.6 Å². The van der Waals surface area contributed by atoms with Crippen molar-refractivity contribution in [2.24, 2.45) is 0 Å². The Labute approximate surface area is 121 Å². The lowest BCUT2D eigenvalue weighted by Crippen LogP contribution is -2.04. The van der Waals surface area contributed by atoms with Gasteiger partial charge >= 0.3 is 5.97 Å². The summed E-state index contributed by atoms with van der Waals surface area (Å²) in [5.41, 5.74) is 2.61. The molecule has 0 aliphatic rings. The number of aromatic nitrogens is 3. The van der Waals surface area contributed by atoms with Crippen molar-refractivity contribution in [3.63, 3.8) is 0 Å². The SMILES string of the molecule is CCCc1nc2cccnc2n1-c1cccc(C(=O)O)c1. The van der Waals surface area contributed by atoms with E-state index in [0.717, 1.165) is 35.5 Å². The minimum Gasteiger partial charge on any atom is -0.478 e. The van der Waals surface area contributed by atoms with E-state index in [-0.39, 0.29) is 5.56 Å². The standard InChI is InChI=1S/C16H15N3O2/c1-2-5-14-18-13-8-4-9-17-15(13)19(14)12-7-3-6-11(10-12)16(20)21/h3-4,6-10H,2,5H2,1H3,(H,20,21). The number of fused-ring (bicyclic) bond motifs is 1. The van der Waals surface area contributed by atoms with Crippen LogP contribution >= 0.6 is 0 Å². The molecule has 106 valence electrons. The zero-order valence-corrected chi connectivity index (χ0v) is 11.7. The third kappa shape index (κ3) is 2.38. The zero-order chi connectivity index (χ0) is 14.8. The average Bonchev–Trinajstić information content (AvgIpc) is 2.85. The number of pyridine rings is 1. The first-order chi connectivity index (χ1) is 10.2. The Balaban J connectivity index is 2.25. The molecule has 1 aromatic carbocycles. The fraction of sp³-hybridized carbons (Fsp3) is 0.188. The molecule has 3 aromatic rings. The van der Waals surface area contributed by atoms with Gasteiger partial charge in [-0.15, -0.1) is 0 Å². The predicted octanol–water partition coefficient (Wildman–Crippen LogP) is 3.07. The Morgan fingerprint density at radius 3 is 2.90 bits per heavy atom. The molecule has 0 bridgehead atoms. The molecule has 0 saturated heterocycles. The van der Waals surface area contributed by atoms with Crippen molar-refractivity contribution in [3.05, 3.63) is 54.0 Å². The van der Waals surface area contributed by atoms with Crippen LogP contribution in [0.2, 0.25) is 0 Å². The molecule has 3 rings (SSSR count). The van der Waals surface area contributed by atoms with Gasteiger partial charge in [0, 0.05) is 18.3 Å². The number of aromatic carboxylic acids is 1. The van der Waals surface area contributed by atoms with E-state index in [1.807, 2.05) is 22.8 Å². The Morgan fingerprint density at radius 2 is 2.14 bits per heavy atom. The van der Waals surface area contributed by atoms with Gasteiger partial charge in [0.25, 0.3) is 0 Å². The Morgan fingerprint density at radius 1 is 1.29 bits per heavy atom. The van der Waals surface area contributed by atoms with E-state index >= 15 is 0 Å². The summed E-state index contributed by atoms with van der Waals surface area (Å²) < 4.78 is 1.94. The van der Waals surface area contributed by atoms with Gasteiger partial charge in [-0.1, -0.05) is 13.0 Å². The smallest absolute Gasteiger partial charge is 0.335 e. The lowest BCUT2D eigenvalue weighted by Gasteiger charge is -2.08. The van der Waals surface area contributed by atoms with Crippen molar-refractivity contribution in [1.82, 2.24) is 14.5 Å². The summed E-state index contributed by atoms with van der Waals surface area (Å²) in [5.74, 6) is -0.0417. The molecule has 0 amide bonds. The van der Waals surface area contributed by atoms with Gasteiger partial charge in [-0.25, -0.2) is 14.8 Å². The van der Waals surface area contributed by atoms with Gasteiger partial charge in [0.2, 0.25) is 0 Å². The molecule has 1 N–H and O–H groups in total. The van der Waals surface area contributed by atoms with Gasteiger partial charge in [0.1, 0.15) is 11.3 Å². The summed E-state index contributed by atoms with van der Waals surface area (Å²) in [6.07, 6.45) is 3.49. The summed E-state index contributed by atoms with van der Waals surface area (Å²) in [5, 5.41) is 9.15. The predicted molar refractivity (Wildman–Crippen MR) is 79.8 cm³/mol. The third-order valence-electron chi connectivity index (χ3n) is 3.31. The van der Waals surface area contributed by atoms with Crippen LogP contribution in [0.5, 0.6) is 0 Å². The number of rotatable bonds is 4. The third-order valence-corrected chi connectivity index (χ3v) is 3.31. The molecule has 2 heterocycles. The van der Waals surface area contributed by atoms with Crippen LogP contribution in [0.1, 0.15) is 29.5 Å². The van der Waals surface area contributed by atoms with Crippen LogP contribution in [0, 0.1) is 0 Å². The average molecular weight is 281 g/mol. The second-order valence-electron chi connectivity index (χ2n) is 4.82. The van der Waals surface area contributed by atoms with Gasteiger partial charge in [0.15, 0.2) is 5.65 Å². The highest BCUT2D eigenvalue weighted by atomic mass is 16.4. The van der Waals surface area contributed by atoms with E-state index in [4.69, 9.17) is 5.11 Å². The fourth-order valence-corrected chi connectivity index (χ4v) is 2.40. The number of carboxylic acids is 1. The highest BCUT2D eigenvalue weighted by molar-refractivity contribution is 5.88. The minimum absolute atomic E-state index is 0.257. The number of hydrogen-bond donors (Lipinski definition) is 1. The topological polar surface area (TPSA) is 68.0 Å². The highest BCUT2D eigenvalue weighted by Crippen LogP contribution is 2.21. The number of benzene rings is 1. The van der Waals surface area contributed by atoms with Crippen LogP contribution in [-0.2, 0) is 6.42 Å². The molecule has 5 nitrogen and oxygen atoms in total. The van der Waals surface area contributed by atoms with Crippen LogP contribution in [-0.4, -0.2) is 25.6 Å². The molecule has 0 radical (unpaired) electrons. The molecule has 0 saturated carbocycles. The van der Waals surface area contributed by atoms with Crippen LogP contribution < -0.4 is 0 Å². The maximum absolute atomic E-state index is 11.2. The number of carboxylic acid groups (broad SMARTS) is 1. The van der Waals surface area contributed by atoms with E-state index in [1.165, 1.54) is 0 Å². The first kappa shape index (κ1) is 13.3. The number of aryl methyl sites for hydroxylation is 1. The van der Waals surface area contributed by atoms with Crippen molar-refractivity contribution in [1.29, 1.82) is 0 Å². The van der Waals surface area contributed by atoms with Gasteiger partial charge in [0.05, 0.1) is 5.56 Å². The van der Waals surface area contributed by atoms with Crippen LogP contribution in [0.25, 0.3) is 16.9 Å². The molecule has 5 heteroatoms. The maximum Gasteiger partial charge on any atom is 0.335 e. The summed E-state index contributed by atoms with van der Waals surface area (Å²) in [6, 6.07) is 10.6. The molecule has 2 aromatic heterocycles. The van der Waals surface area contributed by atoms with Gasteiger partial charge in [-0.05, 0) is 36.8 Å². The van der Waals surface area contributed by atoms with E-state index in [9.17, 15) is 4.79 Å². The Hall–Kier alpha value is -2.69. The molecule has 0 spiro atoms. The molecular weight excluding hydrogens is 266 g/mol. The first-order valence-electron chi connectivity index (χ1n) is 6.86. The van der Waals surface area contributed by atoms with Crippen LogP contribution in [0.4, 0.5) is 0 Å². The quantitative estimate of drug-likeness (QED) is 0.798. The second kappa shape index (κ2) is 5.36. The van der Waals surface area contributed by atoms with Crippen molar-refractivity contribution in [2.45, 2.75) is 19.8 Å². The van der Waals surface area contributed by atoms with E-state index in [2.05, 4.69) is 16.9 Å². The van der Waals surface area contributed by atoms with Crippen molar-refractivity contribution >= 4 is 17.1 Å². The number of hydrogen-bond acceptors (Lipinski definition) is 3. The molecule has 21 heavy (non-hydrogen) atoms. The number of carbonyl (C=O) groups is 1. The van der Waals surface area contributed by atoms with Crippen LogP contribution in [0.3, 0.4) is 0 Å². The molecule has 0 unspecified atom stereocenters. The number of nitrogens with zero attached hydrogens (tertiary/aromatic N) is 3. The van der Waals surface area contributed by atoms with Gasteiger partial charge in [-0.2, -0.15) is 0 Å². The van der Waals surface area contributed by atoms with E-state index < -0.39 is 5.97 Å². The van der Waals surface area contributed by atoms with Gasteiger partial charge in [-0.3, -0.25) is 4.57 Å². The van der Waals surface area contributed by atoms with Crippen molar-refractivity contribution in [2.75, 3.05) is 0 Å². The minimum atomic E-state index is -0.939. The summed E-state index contributed by atoms with van der Waals surface area (Å²) in [6.45, 7) is 2.09. The Kier molecular flexibility index (Phi) is 3.39. The monoisotopic (exact) mass is 281 g/mol. The molecule has 0 fully saturated rings. The summed E-state index contributed by atoms with van der Waals surface area (Å²) >= 11 is 0. The molecular formula is C16H15N3O2. The Bertz CT molecular complexity index is 808. The normalized spacial score (nSPS) is 10.9.